The minimum Gasteiger partial charge on any atom is -0.494 e. The standard InChI is InChI=1S/C21H18ClFN2O4S/c1-2-29-17-9-7-16(8-10-17)25-30(27,28)18-11-12-20(19(23)13-18)24-21(26)14-3-5-15(22)6-4-14/h3-13,25H,2H2,1H3,(H,24,26). The second kappa shape index (κ2) is 9.15. The van der Waals surface area contributed by atoms with E-state index in [0.29, 0.717) is 23.1 Å². The summed E-state index contributed by atoms with van der Waals surface area (Å²) < 4.78 is 47.2. The highest BCUT2D eigenvalue weighted by atomic mass is 35.5. The average Bonchev–Trinajstić information content (AvgIpc) is 2.71. The molecule has 0 bridgehead atoms. The molecular weight excluding hydrogens is 431 g/mol. The van der Waals surface area contributed by atoms with Crippen molar-refractivity contribution in [3.8, 4) is 5.75 Å². The van der Waals surface area contributed by atoms with E-state index in [9.17, 15) is 17.6 Å². The summed E-state index contributed by atoms with van der Waals surface area (Å²) in [6.45, 7) is 2.33. The number of sulfonamides is 1. The lowest BCUT2D eigenvalue weighted by atomic mass is 10.2. The van der Waals surface area contributed by atoms with Crippen molar-refractivity contribution in [2.24, 2.45) is 0 Å². The molecule has 6 nitrogen and oxygen atoms in total. The maximum atomic E-state index is 14.5. The highest BCUT2D eigenvalue weighted by Crippen LogP contribution is 2.23. The van der Waals surface area contributed by atoms with E-state index in [1.807, 2.05) is 6.92 Å². The summed E-state index contributed by atoms with van der Waals surface area (Å²) in [5.41, 5.74) is 0.446. The molecule has 0 atom stereocenters. The van der Waals surface area contributed by atoms with Gasteiger partial charge in [0, 0.05) is 16.3 Å². The van der Waals surface area contributed by atoms with Crippen LogP contribution in [0, 0.1) is 5.82 Å². The quantitative estimate of drug-likeness (QED) is 0.536. The molecule has 0 fully saturated rings. The molecule has 0 aliphatic rings. The van der Waals surface area contributed by atoms with E-state index in [1.54, 1.807) is 24.3 Å². The van der Waals surface area contributed by atoms with Crippen molar-refractivity contribution in [2.45, 2.75) is 11.8 Å². The SMILES string of the molecule is CCOc1ccc(NS(=O)(=O)c2ccc(NC(=O)c3ccc(Cl)cc3)c(F)c2)cc1. The normalized spacial score (nSPS) is 11.0. The number of benzene rings is 3. The fourth-order valence-electron chi connectivity index (χ4n) is 2.56. The maximum absolute atomic E-state index is 14.5. The molecule has 0 saturated heterocycles. The monoisotopic (exact) mass is 448 g/mol. The number of hydrogen-bond donors (Lipinski definition) is 2. The van der Waals surface area contributed by atoms with Crippen LogP contribution < -0.4 is 14.8 Å². The molecule has 3 aromatic rings. The Labute approximate surface area is 178 Å². The number of rotatable bonds is 7. The summed E-state index contributed by atoms with van der Waals surface area (Å²) in [6, 6.07) is 15.6. The summed E-state index contributed by atoms with van der Waals surface area (Å²) in [5, 5.41) is 2.87. The van der Waals surface area contributed by atoms with E-state index in [0.717, 1.165) is 6.07 Å². The zero-order chi connectivity index (χ0) is 21.7. The molecule has 3 aromatic carbocycles. The van der Waals surface area contributed by atoms with Crippen LogP contribution in [-0.2, 0) is 10.0 Å². The van der Waals surface area contributed by atoms with Gasteiger partial charge in [-0.05, 0) is 73.7 Å². The Morgan fingerprint density at radius 1 is 1.03 bits per heavy atom. The predicted molar refractivity (Wildman–Crippen MR) is 114 cm³/mol. The Morgan fingerprint density at radius 3 is 2.30 bits per heavy atom. The molecular formula is C21H18ClFN2O4S. The van der Waals surface area contributed by atoms with Gasteiger partial charge in [0.2, 0.25) is 0 Å². The number of hydrogen-bond acceptors (Lipinski definition) is 4. The molecule has 30 heavy (non-hydrogen) atoms. The second-order valence-electron chi connectivity index (χ2n) is 6.17. The summed E-state index contributed by atoms with van der Waals surface area (Å²) in [6.07, 6.45) is 0. The maximum Gasteiger partial charge on any atom is 0.261 e. The van der Waals surface area contributed by atoms with Crippen LogP contribution in [0.3, 0.4) is 0 Å². The van der Waals surface area contributed by atoms with Gasteiger partial charge in [-0.3, -0.25) is 9.52 Å². The number of ether oxygens (including phenoxy) is 1. The van der Waals surface area contributed by atoms with Crippen molar-refractivity contribution < 1.29 is 22.3 Å². The van der Waals surface area contributed by atoms with Gasteiger partial charge in [0.15, 0.2) is 0 Å². The Balaban J connectivity index is 1.74. The van der Waals surface area contributed by atoms with Gasteiger partial charge in [0.1, 0.15) is 11.6 Å². The van der Waals surface area contributed by atoms with Crippen LogP contribution in [0.15, 0.2) is 71.6 Å². The number of amides is 1. The first-order chi connectivity index (χ1) is 14.3. The highest BCUT2D eigenvalue weighted by Gasteiger charge is 2.18. The molecule has 9 heteroatoms. The molecule has 3 rings (SSSR count). The Kier molecular flexibility index (Phi) is 6.59. The third-order valence-corrected chi connectivity index (χ3v) is 5.65. The molecule has 0 saturated carbocycles. The van der Waals surface area contributed by atoms with Crippen LogP contribution in [0.4, 0.5) is 15.8 Å². The fraction of sp³-hybridized carbons (Fsp3) is 0.0952. The lowest BCUT2D eigenvalue weighted by molar-refractivity contribution is 0.102. The van der Waals surface area contributed by atoms with Gasteiger partial charge in [0.05, 0.1) is 17.2 Å². The molecule has 0 aromatic heterocycles. The molecule has 2 N–H and O–H groups in total. The smallest absolute Gasteiger partial charge is 0.261 e. The van der Waals surface area contributed by atoms with Gasteiger partial charge in [-0.15, -0.1) is 0 Å². The molecule has 0 unspecified atom stereocenters. The van der Waals surface area contributed by atoms with Crippen LogP contribution in [0.2, 0.25) is 5.02 Å². The number of carbonyl (C=O) groups is 1. The van der Waals surface area contributed by atoms with Crippen molar-refractivity contribution in [3.63, 3.8) is 0 Å². The number of anilines is 2. The first kappa shape index (κ1) is 21.6. The van der Waals surface area contributed by atoms with Crippen molar-refractivity contribution >= 4 is 38.9 Å². The third-order valence-electron chi connectivity index (χ3n) is 4.02. The van der Waals surface area contributed by atoms with E-state index in [4.69, 9.17) is 16.3 Å². The molecule has 156 valence electrons. The number of carbonyl (C=O) groups excluding carboxylic acids is 1. The molecule has 0 aliphatic carbocycles. The largest absolute Gasteiger partial charge is 0.494 e. The Hall–Kier alpha value is -3.10. The van der Waals surface area contributed by atoms with Gasteiger partial charge in [0.25, 0.3) is 15.9 Å². The minimum atomic E-state index is -4.02. The average molecular weight is 449 g/mol. The minimum absolute atomic E-state index is 0.144. The molecule has 0 heterocycles. The van der Waals surface area contributed by atoms with Gasteiger partial charge >= 0.3 is 0 Å². The van der Waals surface area contributed by atoms with Crippen LogP contribution in [0.25, 0.3) is 0 Å². The van der Waals surface area contributed by atoms with Crippen LogP contribution in [0.5, 0.6) is 5.75 Å². The van der Waals surface area contributed by atoms with Gasteiger partial charge in [-0.2, -0.15) is 0 Å². The van der Waals surface area contributed by atoms with E-state index in [-0.39, 0.29) is 16.1 Å². The van der Waals surface area contributed by atoms with Crippen LogP contribution >= 0.6 is 11.6 Å². The van der Waals surface area contributed by atoms with E-state index in [1.165, 1.54) is 36.4 Å². The summed E-state index contributed by atoms with van der Waals surface area (Å²) in [5.74, 6) is -0.826. The Bertz CT molecular complexity index is 1150. The summed E-state index contributed by atoms with van der Waals surface area (Å²) in [7, 11) is -4.02. The number of halogens is 2. The first-order valence-electron chi connectivity index (χ1n) is 8.90. The van der Waals surface area contributed by atoms with Gasteiger partial charge < -0.3 is 10.1 Å². The first-order valence-corrected chi connectivity index (χ1v) is 10.8. The zero-order valence-electron chi connectivity index (χ0n) is 15.9. The third kappa shape index (κ3) is 5.28. The summed E-state index contributed by atoms with van der Waals surface area (Å²) >= 11 is 5.78. The molecule has 0 radical (unpaired) electrons. The van der Waals surface area contributed by atoms with Crippen LogP contribution in [0.1, 0.15) is 17.3 Å². The van der Waals surface area contributed by atoms with Crippen molar-refractivity contribution in [3.05, 3.63) is 83.1 Å². The lowest BCUT2D eigenvalue weighted by Crippen LogP contribution is -2.15. The fourth-order valence-corrected chi connectivity index (χ4v) is 3.76. The number of nitrogens with one attached hydrogen (secondary N) is 2. The van der Waals surface area contributed by atoms with Gasteiger partial charge in [-0.25, -0.2) is 12.8 Å². The predicted octanol–water partition coefficient (Wildman–Crippen LogP) is 4.93. The van der Waals surface area contributed by atoms with E-state index < -0.39 is 21.7 Å². The topological polar surface area (TPSA) is 84.5 Å². The molecule has 0 aliphatic heterocycles. The Morgan fingerprint density at radius 2 is 1.70 bits per heavy atom. The van der Waals surface area contributed by atoms with E-state index in [2.05, 4.69) is 10.0 Å². The summed E-state index contributed by atoms with van der Waals surface area (Å²) in [4.78, 5) is 11.9. The van der Waals surface area contributed by atoms with Gasteiger partial charge in [-0.1, -0.05) is 11.6 Å². The van der Waals surface area contributed by atoms with Crippen molar-refractivity contribution in [1.82, 2.24) is 0 Å². The van der Waals surface area contributed by atoms with E-state index >= 15 is 0 Å². The molecule has 0 spiro atoms. The van der Waals surface area contributed by atoms with Crippen LogP contribution in [-0.4, -0.2) is 20.9 Å². The highest BCUT2D eigenvalue weighted by molar-refractivity contribution is 7.92. The lowest BCUT2D eigenvalue weighted by Gasteiger charge is -2.11. The van der Waals surface area contributed by atoms with Crippen molar-refractivity contribution in [1.29, 1.82) is 0 Å². The zero-order valence-corrected chi connectivity index (χ0v) is 17.4. The van der Waals surface area contributed by atoms with Crippen molar-refractivity contribution in [2.75, 3.05) is 16.6 Å². The molecule has 1 amide bonds. The second-order valence-corrected chi connectivity index (χ2v) is 8.28.